The number of nitrogens with one attached hydrogen (secondary N) is 2. The first-order valence-corrected chi connectivity index (χ1v) is 9.73. The van der Waals surface area contributed by atoms with Gasteiger partial charge in [0.05, 0.1) is 22.7 Å². The summed E-state index contributed by atoms with van der Waals surface area (Å²) in [6.45, 7) is 2.73. The molecular formula is C21H19FN6O2. The maximum absolute atomic E-state index is 14.2. The first-order valence-electron chi connectivity index (χ1n) is 9.73. The highest BCUT2D eigenvalue weighted by atomic mass is 19.1. The minimum atomic E-state index is -0.542. The zero-order chi connectivity index (χ0) is 20.7. The minimum Gasteiger partial charge on any atom is -0.267 e. The number of halogens is 1. The highest BCUT2D eigenvalue weighted by molar-refractivity contribution is 5.95. The Morgan fingerprint density at radius 1 is 1.23 bits per heavy atom. The van der Waals surface area contributed by atoms with Crippen LogP contribution in [0.3, 0.4) is 0 Å². The van der Waals surface area contributed by atoms with Crippen molar-refractivity contribution in [2.45, 2.75) is 31.9 Å². The van der Waals surface area contributed by atoms with Crippen molar-refractivity contribution in [1.29, 1.82) is 0 Å². The molecule has 2 atom stereocenters. The summed E-state index contributed by atoms with van der Waals surface area (Å²) < 4.78 is 16.0. The zero-order valence-corrected chi connectivity index (χ0v) is 16.2. The summed E-state index contributed by atoms with van der Waals surface area (Å²) >= 11 is 0. The highest BCUT2D eigenvalue weighted by Gasteiger charge is 2.37. The first-order chi connectivity index (χ1) is 14.7. The summed E-state index contributed by atoms with van der Waals surface area (Å²) in [5.74, 6) is -0.370. The van der Waals surface area contributed by atoms with Gasteiger partial charge in [-0.2, -0.15) is 10.2 Å². The van der Waals surface area contributed by atoms with Crippen molar-refractivity contribution >= 4 is 16.5 Å². The van der Waals surface area contributed by atoms with Crippen LogP contribution in [0.2, 0.25) is 0 Å². The summed E-state index contributed by atoms with van der Waals surface area (Å²) in [4.78, 5) is 23.0. The van der Waals surface area contributed by atoms with Gasteiger partial charge in [0.25, 0.3) is 5.56 Å². The molecule has 0 aliphatic carbocycles. The molecule has 5 rings (SSSR count). The number of hydrogen-bond donors (Lipinski definition) is 2. The normalized spacial score (nSPS) is 18.2. The molecule has 2 N–H and O–H groups in total. The quantitative estimate of drug-likeness (QED) is 0.540. The van der Waals surface area contributed by atoms with Crippen LogP contribution in [0.15, 0.2) is 53.6 Å². The Morgan fingerprint density at radius 2 is 2.07 bits per heavy atom. The molecule has 0 fully saturated rings. The van der Waals surface area contributed by atoms with Crippen LogP contribution in [0.25, 0.3) is 10.8 Å². The fraction of sp³-hybridized carbons (Fsp3) is 0.238. The van der Waals surface area contributed by atoms with Crippen molar-refractivity contribution < 1.29 is 9.23 Å². The van der Waals surface area contributed by atoms with Crippen molar-refractivity contribution in [3.63, 3.8) is 0 Å². The summed E-state index contributed by atoms with van der Waals surface area (Å²) in [5.41, 5.74) is 4.17. The molecule has 2 aromatic heterocycles. The average Bonchev–Trinajstić information content (AvgIpc) is 3.14. The molecule has 0 saturated carbocycles. The molecule has 0 spiro atoms. The smallest absolute Gasteiger partial charge is 0.267 e. The molecular weight excluding hydrogens is 387 g/mol. The van der Waals surface area contributed by atoms with Crippen LogP contribution in [-0.2, 0) is 11.4 Å². The number of benzene rings is 2. The van der Waals surface area contributed by atoms with Crippen molar-refractivity contribution in [2.75, 3.05) is 5.48 Å². The monoisotopic (exact) mass is 406 g/mol. The van der Waals surface area contributed by atoms with Gasteiger partial charge in [-0.1, -0.05) is 37.3 Å². The van der Waals surface area contributed by atoms with Gasteiger partial charge in [-0.3, -0.25) is 15.1 Å². The average molecular weight is 406 g/mol. The van der Waals surface area contributed by atoms with Gasteiger partial charge >= 0.3 is 0 Å². The molecule has 0 amide bonds. The lowest BCUT2D eigenvalue weighted by Gasteiger charge is -2.24. The molecule has 152 valence electrons. The fourth-order valence-electron chi connectivity index (χ4n) is 3.99. The van der Waals surface area contributed by atoms with Crippen molar-refractivity contribution in [1.82, 2.24) is 25.0 Å². The summed E-state index contributed by atoms with van der Waals surface area (Å²) in [6, 6.07) is 12.1. The number of anilines is 1. The van der Waals surface area contributed by atoms with Gasteiger partial charge in [-0.05, 0) is 24.1 Å². The van der Waals surface area contributed by atoms with E-state index in [1.807, 2.05) is 35.0 Å². The molecule has 0 bridgehead atoms. The Labute approximate surface area is 170 Å². The van der Waals surface area contributed by atoms with Crippen LogP contribution in [0.4, 0.5) is 10.1 Å². The van der Waals surface area contributed by atoms with Gasteiger partial charge < -0.3 is 0 Å². The molecule has 2 unspecified atom stereocenters. The number of H-pyrrole nitrogens is 1. The molecule has 9 heteroatoms. The number of nitrogens with zero attached hydrogens (tertiary/aromatic N) is 4. The van der Waals surface area contributed by atoms with Gasteiger partial charge in [-0.15, -0.1) is 0 Å². The minimum absolute atomic E-state index is 0.200. The van der Waals surface area contributed by atoms with Gasteiger partial charge in [0.1, 0.15) is 24.1 Å². The highest BCUT2D eigenvalue weighted by Crippen LogP contribution is 2.44. The fourth-order valence-corrected chi connectivity index (χ4v) is 3.99. The van der Waals surface area contributed by atoms with Crippen LogP contribution in [0.1, 0.15) is 42.4 Å². The van der Waals surface area contributed by atoms with Gasteiger partial charge in [0.2, 0.25) is 0 Å². The molecule has 0 saturated heterocycles. The molecule has 1 aliphatic rings. The van der Waals surface area contributed by atoms with E-state index in [4.69, 9.17) is 4.84 Å². The van der Waals surface area contributed by atoms with Crippen LogP contribution in [-0.4, -0.2) is 25.0 Å². The number of rotatable bonds is 4. The number of aryl methyl sites for hydroxylation is 1. The molecule has 2 aromatic carbocycles. The van der Waals surface area contributed by atoms with E-state index in [9.17, 15) is 9.18 Å². The maximum Gasteiger partial charge on any atom is 0.272 e. The summed E-state index contributed by atoms with van der Waals surface area (Å²) in [5, 5.41) is 12.0. The van der Waals surface area contributed by atoms with Crippen molar-refractivity contribution in [3.05, 3.63) is 82.0 Å². The molecule has 30 heavy (non-hydrogen) atoms. The third-order valence-electron chi connectivity index (χ3n) is 5.26. The first kappa shape index (κ1) is 18.4. The van der Waals surface area contributed by atoms with E-state index in [0.717, 1.165) is 12.0 Å². The molecule has 4 aromatic rings. The molecule has 8 nitrogen and oxygen atoms in total. The summed E-state index contributed by atoms with van der Waals surface area (Å²) in [7, 11) is 0. The summed E-state index contributed by atoms with van der Waals surface area (Å²) in [6.07, 6.45) is 1.83. The van der Waals surface area contributed by atoms with E-state index in [1.165, 1.54) is 18.5 Å². The maximum atomic E-state index is 14.2. The van der Waals surface area contributed by atoms with E-state index in [2.05, 4.69) is 32.7 Å². The second-order valence-electron chi connectivity index (χ2n) is 7.18. The number of hydrogen-bond acceptors (Lipinski definition) is 6. The Kier molecular flexibility index (Phi) is 4.51. The van der Waals surface area contributed by atoms with Crippen LogP contribution in [0.5, 0.6) is 0 Å². The SMILES string of the molecule is CCCn1ncnc1C1c2n[nH]c(=O)c3cc(F)cc(c23)NOC1c1ccccc1. The molecule has 3 heterocycles. The lowest BCUT2D eigenvalue weighted by atomic mass is 9.89. The van der Waals surface area contributed by atoms with Crippen LogP contribution < -0.4 is 11.0 Å². The van der Waals surface area contributed by atoms with Gasteiger partial charge in [-0.25, -0.2) is 19.2 Å². The van der Waals surface area contributed by atoms with Crippen molar-refractivity contribution in [3.8, 4) is 0 Å². The number of aromatic amines is 1. The Balaban J connectivity index is 1.82. The van der Waals surface area contributed by atoms with E-state index in [0.29, 0.717) is 29.1 Å². The standard InChI is InChI=1S/C21H19FN6O2/c1-2-8-28-20(23-11-24-28)17-18-16-14(21(29)26-25-18)9-13(22)10-15(16)27-30-19(17)12-6-4-3-5-7-12/h3-7,9-11,17,19,27H,2,8H2,1H3,(H,26,29). The van der Waals surface area contributed by atoms with E-state index < -0.39 is 23.4 Å². The topological polar surface area (TPSA) is 97.7 Å². The second-order valence-corrected chi connectivity index (χ2v) is 7.18. The third kappa shape index (κ3) is 2.94. The molecule has 1 aliphatic heterocycles. The second kappa shape index (κ2) is 7.34. The number of aromatic nitrogens is 5. The van der Waals surface area contributed by atoms with E-state index in [-0.39, 0.29) is 5.39 Å². The Bertz CT molecular complexity index is 1270. The lowest BCUT2D eigenvalue weighted by Crippen LogP contribution is -2.23. The van der Waals surface area contributed by atoms with Crippen molar-refractivity contribution in [2.24, 2.45) is 0 Å². The molecule has 0 radical (unpaired) electrons. The predicted molar refractivity (Wildman–Crippen MR) is 108 cm³/mol. The largest absolute Gasteiger partial charge is 0.272 e. The Morgan fingerprint density at radius 3 is 2.87 bits per heavy atom. The predicted octanol–water partition coefficient (Wildman–Crippen LogP) is 3.29. The Hall–Kier alpha value is -3.59. The van der Waals surface area contributed by atoms with E-state index in [1.54, 1.807) is 0 Å². The zero-order valence-electron chi connectivity index (χ0n) is 16.2. The van der Waals surface area contributed by atoms with Crippen LogP contribution >= 0.6 is 0 Å². The lowest BCUT2D eigenvalue weighted by molar-refractivity contribution is 0.0845. The van der Waals surface area contributed by atoms with E-state index >= 15 is 0 Å². The van der Waals surface area contributed by atoms with Crippen LogP contribution in [0, 0.1) is 5.82 Å². The van der Waals surface area contributed by atoms with Gasteiger partial charge in [0.15, 0.2) is 0 Å². The van der Waals surface area contributed by atoms with Gasteiger partial charge in [0, 0.05) is 11.9 Å². The third-order valence-corrected chi connectivity index (χ3v) is 5.26.